The van der Waals surface area contributed by atoms with Gasteiger partial charge in [0, 0.05) is 36.1 Å². The number of carbonyl (C=O) groups is 1. The number of sulfonamides is 1. The molecule has 1 fully saturated rings. The maximum absolute atomic E-state index is 12.9. The quantitative estimate of drug-likeness (QED) is 0.798. The van der Waals surface area contributed by atoms with Gasteiger partial charge in [-0.05, 0) is 56.6 Å². The molecule has 8 heteroatoms. The summed E-state index contributed by atoms with van der Waals surface area (Å²) in [7, 11) is 0.368. The minimum Gasteiger partial charge on any atom is -0.337 e. The van der Waals surface area contributed by atoms with E-state index in [1.165, 1.54) is 23.5 Å². The largest absolute Gasteiger partial charge is 0.337 e. The molecule has 27 heavy (non-hydrogen) atoms. The van der Waals surface area contributed by atoms with Crippen LogP contribution in [0.3, 0.4) is 0 Å². The van der Waals surface area contributed by atoms with Gasteiger partial charge in [0.1, 0.15) is 0 Å². The number of likely N-dealkylation sites (N-methyl/N-ethyl adjacent to an activating group) is 1. The molecule has 0 spiro atoms. The Morgan fingerprint density at radius 2 is 2.11 bits per heavy atom. The highest BCUT2D eigenvalue weighted by molar-refractivity contribution is 7.89. The van der Waals surface area contributed by atoms with E-state index in [4.69, 9.17) is 0 Å². The molecule has 2 heterocycles. The Labute approximate surface area is 164 Å². The zero-order chi connectivity index (χ0) is 19.4. The van der Waals surface area contributed by atoms with Crippen molar-refractivity contribution in [2.24, 2.45) is 0 Å². The molecule has 0 bridgehead atoms. The van der Waals surface area contributed by atoms with Crippen LogP contribution in [0.1, 0.15) is 28.1 Å². The topological polar surface area (TPSA) is 69.7 Å². The molecule has 1 amide bonds. The molecule has 3 rings (SSSR count). The summed E-state index contributed by atoms with van der Waals surface area (Å²) in [4.78, 5) is 17.9. The number of benzene rings is 1. The number of hydrogen-bond acceptors (Lipinski definition) is 5. The number of rotatable bonds is 6. The smallest absolute Gasteiger partial charge is 0.253 e. The predicted molar refractivity (Wildman–Crippen MR) is 107 cm³/mol. The van der Waals surface area contributed by atoms with E-state index in [0.717, 1.165) is 17.7 Å². The lowest BCUT2D eigenvalue weighted by molar-refractivity contribution is 0.0635. The molecule has 1 N–H and O–H groups in total. The summed E-state index contributed by atoms with van der Waals surface area (Å²) in [5.41, 5.74) is 0.411. The van der Waals surface area contributed by atoms with Crippen molar-refractivity contribution in [3.63, 3.8) is 0 Å². The van der Waals surface area contributed by atoms with Crippen molar-refractivity contribution in [1.29, 1.82) is 0 Å². The number of carbonyl (C=O) groups excluding carboxylic acids is 1. The number of likely N-dealkylation sites (tertiary alicyclic amines) is 1. The maximum atomic E-state index is 12.9. The van der Waals surface area contributed by atoms with Crippen molar-refractivity contribution in [1.82, 2.24) is 14.5 Å². The lowest BCUT2D eigenvalue weighted by Crippen LogP contribution is -2.47. The highest BCUT2D eigenvalue weighted by Gasteiger charge is 2.26. The highest BCUT2D eigenvalue weighted by Crippen LogP contribution is 2.19. The summed E-state index contributed by atoms with van der Waals surface area (Å²) < 4.78 is 27.8. The first-order valence-electron chi connectivity index (χ1n) is 8.94. The van der Waals surface area contributed by atoms with Crippen molar-refractivity contribution in [2.75, 3.05) is 27.2 Å². The zero-order valence-corrected chi connectivity index (χ0v) is 17.2. The highest BCUT2D eigenvalue weighted by atomic mass is 32.2. The lowest BCUT2D eigenvalue weighted by atomic mass is 10.0. The molecule has 1 aromatic carbocycles. The van der Waals surface area contributed by atoms with Crippen molar-refractivity contribution in [2.45, 2.75) is 30.3 Å². The number of nitrogens with one attached hydrogen (secondary N) is 1. The van der Waals surface area contributed by atoms with Gasteiger partial charge in [-0.15, -0.1) is 11.3 Å². The minimum atomic E-state index is -3.67. The predicted octanol–water partition coefficient (Wildman–Crippen LogP) is 2.39. The fourth-order valence-electron chi connectivity index (χ4n) is 3.20. The second kappa shape index (κ2) is 8.52. The molecule has 1 aliphatic heterocycles. The first-order chi connectivity index (χ1) is 12.9. The number of nitrogens with zero attached hydrogens (tertiary/aromatic N) is 2. The maximum Gasteiger partial charge on any atom is 0.253 e. The van der Waals surface area contributed by atoms with Gasteiger partial charge in [-0.2, -0.15) is 0 Å². The van der Waals surface area contributed by atoms with E-state index in [1.807, 2.05) is 36.5 Å². The van der Waals surface area contributed by atoms with Crippen LogP contribution in [0.5, 0.6) is 0 Å². The minimum absolute atomic E-state index is 0.114. The Balaban J connectivity index is 1.73. The van der Waals surface area contributed by atoms with Crippen LogP contribution in [0.2, 0.25) is 0 Å². The third-order valence-electron chi connectivity index (χ3n) is 4.82. The Morgan fingerprint density at radius 1 is 1.30 bits per heavy atom. The molecular weight excluding hydrogens is 382 g/mol. The molecule has 1 aliphatic rings. The van der Waals surface area contributed by atoms with Crippen LogP contribution in [0, 0.1) is 0 Å². The van der Waals surface area contributed by atoms with Gasteiger partial charge in [0.2, 0.25) is 10.0 Å². The van der Waals surface area contributed by atoms with Crippen LogP contribution in [-0.2, 0) is 16.6 Å². The van der Waals surface area contributed by atoms with E-state index < -0.39 is 10.0 Å². The van der Waals surface area contributed by atoms with E-state index in [0.29, 0.717) is 24.7 Å². The summed E-state index contributed by atoms with van der Waals surface area (Å²) in [5.74, 6) is -0.114. The van der Waals surface area contributed by atoms with Crippen LogP contribution in [0.4, 0.5) is 0 Å². The Bertz CT molecular complexity index is 879. The number of amides is 1. The summed E-state index contributed by atoms with van der Waals surface area (Å²) in [6.07, 6.45) is 2.02. The molecule has 1 aromatic heterocycles. The average molecular weight is 408 g/mol. The molecular formula is C19H25N3O3S2. The van der Waals surface area contributed by atoms with Crippen molar-refractivity contribution < 1.29 is 13.2 Å². The Hall–Kier alpha value is -1.74. The van der Waals surface area contributed by atoms with E-state index in [1.54, 1.807) is 12.1 Å². The molecule has 0 saturated carbocycles. The van der Waals surface area contributed by atoms with Crippen molar-refractivity contribution in [3.05, 3.63) is 52.2 Å². The van der Waals surface area contributed by atoms with Crippen LogP contribution >= 0.6 is 11.3 Å². The summed E-state index contributed by atoms with van der Waals surface area (Å²) in [6, 6.07) is 10.4. The van der Waals surface area contributed by atoms with Gasteiger partial charge < -0.3 is 9.80 Å². The second-order valence-corrected chi connectivity index (χ2v) is 9.74. The van der Waals surface area contributed by atoms with E-state index in [-0.39, 0.29) is 17.3 Å². The fourth-order valence-corrected chi connectivity index (χ4v) is 4.99. The van der Waals surface area contributed by atoms with Crippen LogP contribution < -0.4 is 4.72 Å². The van der Waals surface area contributed by atoms with Gasteiger partial charge in [0.25, 0.3) is 5.91 Å². The number of hydrogen-bond donors (Lipinski definition) is 1. The first-order valence-corrected chi connectivity index (χ1v) is 11.3. The van der Waals surface area contributed by atoms with Gasteiger partial charge in [0.15, 0.2) is 0 Å². The van der Waals surface area contributed by atoms with E-state index in [2.05, 4.69) is 9.62 Å². The Kier molecular flexibility index (Phi) is 6.31. The van der Waals surface area contributed by atoms with Gasteiger partial charge in [-0.25, -0.2) is 13.1 Å². The molecule has 146 valence electrons. The first kappa shape index (κ1) is 20.0. The van der Waals surface area contributed by atoms with Crippen LogP contribution in [0.25, 0.3) is 0 Å². The Morgan fingerprint density at radius 3 is 2.81 bits per heavy atom. The molecule has 2 aromatic rings. The van der Waals surface area contributed by atoms with E-state index >= 15 is 0 Å². The van der Waals surface area contributed by atoms with E-state index in [9.17, 15) is 13.2 Å². The van der Waals surface area contributed by atoms with Gasteiger partial charge >= 0.3 is 0 Å². The second-order valence-electron chi connectivity index (χ2n) is 6.94. The van der Waals surface area contributed by atoms with Crippen molar-refractivity contribution in [3.8, 4) is 0 Å². The standard InChI is InChI=1S/C19H25N3O3S2/c1-21(2)16-7-4-10-22(14-16)19(23)15-6-3-9-18(12-15)27(24,25)20-13-17-8-5-11-26-17/h3,5-6,8-9,11-12,16,20H,4,7,10,13-14H2,1-2H3. The fraction of sp³-hybridized carbons (Fsp3) is 0.421. The molecule has 1 saturated heterocycles. The van der Waals surface area contributed by atoms with Crippen molar-refractivity contribution >= 4 is 27.3 Å². The van der Waals surface area contributed by atoms with Gasteiger partial charge in [-0.3, -0.25) is 4.79 Å². The third-order valence-corrected chi connectivity index (χ3v) is 7.10. The molecule has 1 unspecified atom stereocenters. The summed E-state index contributed by atoms with van der Waals surface area (Å²) in [5, 5.41) is 1.91. The van der Waals surface area contributed by atoms with Gasteiger partial charge in [-0.1, -0.05) is 12.1 Å². The molecule has 0 aliphatic carbocycles. The lowest BCUT2D eigenvalue weighted by Gasteiger charge is -2.36. The average Bonchev–Trinajstić information content (AvgIpc) is 3.20. The van der Waals surface area contributed by atoms with Crippen LogP contribution in [-0.4, -0.2) is 57.4 Å². The summed E-state index contributed by atoms with van der Waals surface area (Å²) in [6.45, 7) is 1.62. The third kappa shape index (κ3) is 4.95. The zero-order valence-electron chi connectivity index (χ0n) is 15.6. The molecule has 6 nitrogen and oxygen atoms in total. The monoisotopic (exact) mass is 407 g/mol. The molecule has 0 radical (unpaired) electrons. The number of thiophene rings is 1. The van der Waals surface area contributed by atoms with Gasteiger partial charge in [0.05, 0.1) is 4.90 Å². The van der Waals surface area contributed by atoms with Crippen LogP contribution in [0.15, 0.2) is 46.7 Å². The molecule has 1 atom stereocenters. The SMILES string of the molecule is CN(C)C1CCCN(C(=O)c2cccc(S(=O)(=O)NCc3cccs3)c2)C1. The normalized spacial score (nSPS) is 18.0. The number of piperidine rings is 1. The summed E-state index contributed by atoms with van der Waals surface area (Å²) >= 11 is 1.50.